The first-order valence-electron chi connectivity index (χ1n) is 7.54. The van der Waals surface area contributed by atoms with E-state index in [-0.39, 0.29) is 12.2 Å². The number of aromatic nitrogens is 4. The van der Waals surface area contributed by atoms with E-state index in [1.165, 1.54) is 12.3 Å². The average molecular weight is 368 g/mol. The van der Waals surface area contributed by atoms with Crippen molar-refractivity contribution in [3.8, 4) is 11.5 Å². The third kappa shape index (κ3) is 3.05. The van der Waals surface area contributed by atoms with E-state index in [1.807, 2.05) is 0 Å². The van der Waals surface area contributed by atoms with Crippen molar-refractivity contribution in [2.45, 2.75) is 6.54 Å². The topological polar surface area (TPSA) is 129 Å². The molecule has 3 heterocycles. The first kappa shape index (κ1) is 16.0. The van der Waals surface area contributed by atoms with Gasteiger partial charge in [-0.15, -0.1) is 0 Å². The minimum absolute atomic E-state index is 0.0193. The number of benzene rings is 1. The summed E-state index contributed by atoms with van der Waals surface area (Å²) in [4.78, 5) is 24.5. The number of nitrogens with one attached hydrogen (secondary N) is 1. The Labute approximate surface area is 150 Å². The molecule has 0 bridgehead atoms. The fraction of sp³-hybridized carbons (Fsp3) is 0.0625. The van der Waals surface area contributed by atoms with Crippen molar-refractivity contribution in [3.05, 3.63) is 53.0 Å². The molecule has 4 rings (SSSR count). The van der Waals surface area contributed by atoms with Gasteiger partial charge in [-0.2, -0.15) is 13.8 Å². The van der Waals surface area contributed by atoms with Crippen molar-refractivity contribution < 1.29 is 9.21 Å². The second-order valence-corrected chi connectivity index (χ2v) is 5.97. The third-order valence-corrected chi connectivity index (χ3v) is 4.16. The molecule has 1 amide bonds. The van der Waals surface area contributed by atoms with E-state index in [1.54, 1.807) is 30.3 Å². The summed E-state index contributed by atoms with van der Waals surface area (Å²) in [5, 5.41) is 6.85. The highest BCUT2D eigenvalue weighted by Crippen LogP contribution is 2.18. The van der Waals surface area contributed by atoms with Crippen molar-refractivity contribution in [2.75, 3.05) is 11.1 Å². The molecule has 0 fully saturated rings. The summed E-state index contributed by atoms with van der Waals surface area (Å²) >= 11 is 1.10. The zero-order valence-electron chi connectivity index (χ0n) is 13.2. The number of anilines is 2. The van der Waals surface area contributed by atoms with Crippen LogP contribution in [0.2, 0.25) is 0 Å². The summed E-state index contributed by atoms with van der Waals surface area (Å²) in [6, 6.07) is 9.98. The normalized spacial score (nSPS) is 10.9. The molecule has 10 heteroatoms. The fourth-order valence-corrected chi connectivity index (χ4v) is 2.93. The minimum Gasteiger partial charge on any atom is -0.463 e. The van der Waals surface area contributed by atoms with Gasteiger partial charge in [0.05, 0.1) is 18.0 Å². The van der Waals surface area contributed by atoms with Crippen LogP contribution in [0.4, 0.5) is 11.4 Å². The zero-order chi connectivity index (χ0) is 18.1. The van der Waals surface area contributed by atoms with Gasteiger partial charge in [-0.3, -0.25) is 9.59 Å². The number of carbonyl (C=O) groups excluding carboxylic acids is 1. The summed E-state index contributed by atoms with van der Waals surface area (Å²) in [5.74, 6) is 0.0328. The summed E-state index contributed by atoms with van der Waals surface area (Å²) < 4.78 is 14.5. The van der Waals surface area contributed by atoms with E-state index in [2.05, 4.69) is 19.2 Å². The molecule has 0 radical (unpaired) electrons. The number of nitrogen functional groups attached to an aromatic ring is 1. The van der Waals surface area contributed by atoms with E-state index in [0.717, 1.165) is 21.9 Å². The van der Waals surface area contributed by atoms with Crippen LogP contribution in [0.1, 0.15) is 0 Å². The zero-order valence-corrected chi connectivity index (χ0v) is 14.1. The van der Waals surface area contributed by atoms with Gasteiger partial charge >= 0.3 is 0 Å². The molecule has 26 heavy (non-hydrogen) atoms. The number of rotatable bonds is 4. The molecule has 4 aromatic rings. The van der Waals surface area contributed by atoms with Crippen molar-refractivity contribution in [1.82, 2.24) is 18.5 Å². The van der Waals surface area contributed by atoms with Crippen LogP contribution in [-0.4, -0.2) is 24.4 Å². The Morgan fingerprint density at radius 1 is 1.23 bits per heavy atom. The Hall–Kier alpha value is -3.53. The molecule has 0 saturated heterocycles. The summed E-state index contributed by atoms with van der Waals surface area (Å²) in [7, 11) is 0. The molecular formula is C16H12N6O3S. The molecule has 3 N–H and O–H groups in total. The highest BCUT2D eigenvalue weighted by atomic mass is 32.1. The summed E-state index contributed by atoms with van der Waals surface area (Å²) in [6.45, 7) is -0.287. The number of nitrogens with two attached hydrogens (primary N) is 1. The van der Waals surface area contributed by atoms with Crippen LogP contribution in [0, 0.1) is 0 Å². The molecule has 9 nitrogen and oxygen atoms in total. The lowest BCUT2D eigenvalue weighted by molar-refractivity contribution is -0.117. The quantitative estimate of drug-likeness (QED) is 0.561. The summed E-state index contributed by atoms with van der Waals surface area (Å²) in [6.07, 6.45) is 1.48. The summed E-state index contributed by atoms with van der Waals surface area (Å²) in [5.41, 5.74) is 7.55. The van der Waals surface area contributed by atoms with Gasteiger partial charge in [0.1, 0.15) is 29.0 Å². The number of nitrogens with zero attached hydrogens (tertiary/aromatic N) is 4. The van der Waals surface area contributed by atoms with E-state index in [4.69, 9.17) is 10.2 Å². The Kier molecular flexibility index (Phi) is 3.93. The van der Waals surface area contributed by atoms with Crippen LogP contribution in [0.25, 0.3) is 22.5 Å². The lowest BCUT2D eigenvalue weighted by atomic mass is 10.2. The first-order valence-corrected chi connectivity index (χ1v) is 8.27. The number of fused-ring (bicyclic) bond motifs is 1. The Morgan fingerprint density at radius 3 is 2.88 bits per heavy atom. The van der Waals surface area contributed by atoms with Gasteiger partial charge in [0.15, 0.2) is 5.76 Å². The maximum absolute atomic E-state index is 12.3. The predicted octanol–water partition coefficient (Wildman–Crippen LogP) is 1.73. The Morgan fingerprint density at radius 2 is 2.08 bits per heavy atom. The SMILES string of the molecule is Nc1cc(-c2ccco2)nn(CC(=O)Nc2ccc3nsnc3c2)c1=O. The molecule has 0 saturated carbocycles. The van der Waals surface area contributed by atoms with Gasteiger partial charge in [0, 0.05) is 5.69 Å². The first-order chi connectivity index (χ1) is 12.6. The molecule has 0 aliphatic carbocycles. The van der Waals surface area contributed by atoms with Crippen molar-refractivity contribution in [2.24, 2.45) is 0 Å². The lowest BCUT2D eigenvalue weighted by Crippen LogP contribution is -2.31. The van der Waals surface area contributed by atoms with E-state index < -0.39 is 11.5 Å². The molecule has 0 aliphatic heterocycles. The van der Waals surface area contributed by atoms with Crippen molar-refractivity contribution in [3.63, 3.8) is 0 Å². The van der Waals surface area contributed by atoms with Gasteiger partial charge < -0.3 is 15.5 Å². The number of hydrogen-bond acceptors (Lipinski definition) is 8. The van der Waals surface area contributed by atoms with Gasteiger partial charge in [-0.1, -0.05) is 0 Å². The van der Waals surface area contributed by atoms with Crippen LogP contribution in [0.5, 0.6) is 0 Å². The van der Waals surface area contributed by atoms with Crippen molar-refractivity contribution in [1.29, 1.82) is 0 Å². The third-order valence-electron chi connectivity index (χ3n) is 3.61. The molecule has 0 unspecified atom stereocenters. The van der Waals surface area contributed by atoms with E-state index in [9.17, 15) is 9.59 Å². The van der Waals surface area contributed by atoms with Crippen LogP contribution in [-0.2, 0) is 11.3 Å². The molecule has 1 aromatic carbocycles. The highest BCUT2D eigenvalue weighted by Gasteiger charge is 2.13. The molecule has 0 atom stereocenters. The predicted molar refractivity (Wildman–Crippen MR) is 96.7 cm³/mol. The number of carbonyl (C=O) groups is 1. The molecule has 3 aromatic heterocycles. The largest absolute Gasteiger partial charge is 0.463 e. The molecule has 0 spiro atoms. The fourth-order valence-electron chi connectivity index (χ4n) is 2.41. The second-order valence-electron chi connectivity index (χ2n) is 5.44. The van der Waals surface area contributed by atoms with Crippen LogP contribution in [0.3, 0.4) is 0 Å². The molecule has 130 valence electrons. The van der Waals surface area contributed by atoms with Gasteiger partial charge in [-0.05, 0) is 36.4 Å². The number of furan rings is 1. The molecule has 0 aliphatic rings. The monoisotopic (exact) mass is 368 g/mol. The molecular weight excluding hydrogens is 356 g/mol. The Bertz CT molecular complexity index is 1150. The van der Waals surface area contributed by atoms with E-state index >= 15 is 0 Å². The Balaban J connectivity index is 1.57. The highest BCUT2D eigenvalue weighted by molar-refractivity contribution is 7.00. The van der Waals surface area contributed by atoms with Crippen LogP contribution < -0.4 is 16.6 Å². The second kappa shape index (κ2) is 6.41. The van der Waals surface area contributed by atoms with Crippen molar-refractivity contribution >= 4 is 40.0 Å². The van der Waals surface area contributed by atoms with Gasteiger partial charge in [0.25, 0.3) is 5.56 Å². The number of hydrogen-bond donors (Lipinski definition) is 2. The number of amides is 1. The maximum Gasteiger partial charge on any atom is 0.290 e. The van der Waals surface area contributed by atoms with Crippen LogP contribution >= 0.6 is 11.7 Å². The standard InChI is InChI=1S/C16H12N6O3S/c17-10-7-13(14-2-1-5-25-14)19-22(16(10)24)8-15(23)18-9-3-4-11-12(6-9)21-26-20-11/h1-7H,8,17H2,(H,18,23). The smallest absolute Gasteiger partial charge is 0.290 e. The van der Waals surface area contributed by atoms with Gasteiger partial charge in [0.2, 0.25) is 5.91 Å². The average Bonchev–Trinajstić information content (AvgIpc) is 3.29. The minimum atomic E-state index is -0.547. The van der Waals surface area contributed by atoms with Crippen LogP contribution in [0.15, 0.2) is 51.9 Å². The lowest BCUT2D eigenvalue weighted by Gasteiger charge is -2.08. The van der Waals surface area contributed by atoms with E-state index in [0.29, 0.717) is 22.7 Å². The van der Waals surface area contributed by atoms with Gasteiger partial charge in [-0.25, -0.2) is 4.68 Å². The maximum atomic E-state index is 12.3.